The van der Waals surface area contributed by atoms with Crippen molar-refractivity contribution in [2.45, 2.75) is 31.8 Å². The Bertz CT molecular complexity index is 301. The minimum atomic E-state index is 0.106. The first-order chi connectivity index (χ1) is 6.15. The van der Waals surface area contributed by atoms with Crippen LogP contribution in [0.1, 0.15) is 30.4 Å². The van der Waals surface area contributed by atoms with Gasteiger partial charge >= 0.3 is 0 Å². The van der Waals surface area contributed by atoms with Gasteiger partial charge in [0.15, 0.2) is 0 Å². The summed E-state index contributed by atoms with van der Waals surface area (Å²) in [5, 5.41) is 0. The summed E-state index contributed by atoms with van der Waals surface area (Å²) in [6, 6.07) is 8.77. The third kappa shape index (κ3) is 1.49. The van der Waals surface area contributed by atoms with E-state index in [1.54, 1.807) is 7.11 Å². The second-order valence-corrected chi connectivity index (χ2v) is 4.18. The summed E-state index contributed by atoms with van der Waals surface area (Å²) in [5.41, 5.74) is 2.84. The zero-order valence-corrected chi connectivity index (χ0v) is 8.50. The van der Waals surface area contributed by atoms with Crippen molar-refractivity contribution in [2.24, 2.45) is 0 Å². The largest absolute Gasteiger partial charge is 0.378 e. The van der Waals surface area contributed by atoms with Gasteiger partial charge in [-0.1, -0.05) is 29.8 Å². The Morgan fingerprint density at radius 2 is 1.92 bits per heavy atom. The van der Waals surface area contributed by atoms with E-state index in [2.05, 4.69) is 38.1 Å². The molecular formula is C12H16O. The van der Waals surface area contributed by atoms with Crippen LogP contribution in [0.3, 0.4) is 0 Å². The third-order valence-corrected chi connectivity index (χ3v) is 3.13. The Labute approximate surface area is 79.7 Å². The molecule has 1 saturated carbocycles. The van der Waals surface area contributed by atoms with Crippen LogP contribution in [-0.2, 0) is 4.74 Å². The van der Waals surface area contributed by atoms with E-state index in [9.17, 15) is 0 Å². The zero-order chi connectivity index (χ0) is 9.47. The van der Waals surface area contributed by atoms with Gasteiger partial charge in [0, 0.05) is 13.0 Å². The highest BCUT2D eigenvalue weighted by Crippen LogP contribution is 2.53. The molecular weight excluding hydrogens is 160 g/mol. The van der Waals surface area contributed by atoms with Gasteiger partial charge in [-0.15, -0.1) is 0 Å². The summed E-state index contributed by atoms with van der Waals surface area (Å²) in [4.78, 5) is 0. The molecule has 0 aliphatic heterocycles. The molecule has 1 aromatic rings. The number of benzene rings is 1. The molecule has 1 aromatic carbocycles. The van der Waals surface area contributed by atoms with E-state index in [0.717, 1.165) is 6.42 Å². The maximum absolute atomic E-state index is 5.45. The molecule has 1 aliphatic rings. The van der Waals surface area contributed by atoms with Crippen LogP contribution in [0.5, 0.6) is 0 Å². The van der Waals surface area contributed by atoms with Gasteiger partial charge in [0.2, 0.25) is 0 Å². The van der Waals surface area contributed by atoms with Gasteiger partial charge in [-0.25, -0.2) is 0 Å². The molecule has 0 amide bonds. The van der Waals surface area contributed by atoms with Crippen LogP contribution in [0.4, 0.5) is 0 Å². The minimum Gasteiger partial charge on any atom is -0.378 e. The van der Waals surface area contributed by atoms with Gasteiger partial charge in [-0.3, -0.25) is 0 Å². The van der Waals surface area contributed by atoms with Gasteiger partial charge in [0.05, 0.1) is 5.60 Å². The molecule has 0 heterocycles. The Kier molecular flexibility index (Phi) is 1.92. The molecule has 1 fully saturated rings. The lowest BCUT2D eigenvalue weighted by Crippen LogP contribution is -2.07. The van der Waals surface area contributed by atoms with Crippen LogP contribution in [-0.4, -0.2) is 12.7 Å². The number of aryl methyl sites for hydroxylation is 1. The number of ether oxygens (including phenoxy) is 1. The smallest absolute Gasteiger partial charge is 0.0726 e. The SMILES string of the molecule is COC1(C)CC1c1ccc(C)cc1. The second kappa shape index (κ2) is 2.85. The fourth-order valence-electron chi connectivity index (χ4n) is 1.84. The molecule has 0 N–H and O–H groups in total. The lowest BCUT2D eigenvalue weighted by Gasteiger charge is -2.08. The Hall–Kier alpha value is -0.820. The average Bonchev–Trinajstić information content (AvgIpc) is 2.81. The van der Waals surface area contributed by atoms with Crippen molar-refractivity contribution < 1.29 is 4.74 Å². The van der Waals surface area contributed by atoms with E-state index in [1.165, 1.54) is 11.1 Å². The normalized spacial score (nSPS) is 31.8. The predicted molar refractivity (Wildman–Crippen MR) is 54.0 cm³/mol. The highest BCUT2D eigenvalue weighted by atomic mass is 16.5. The van der Waals surface area contributed by atoms with Gasteiger partial charge in [0.1, 0.15) is 0 Å². The van der Waals surface area contributed by atoms with Crippen molar-refractivity contribution in [1.29, 1.82) is 0 Å². The van der Waals surface area contributed by atoms with E-state index < -0.39 is 0 Å². The first kappa shape index (κ1) is 8.76. The highest BCUT2D eigenvalue weighted by molar-refractivity contribution is 5.32. The summed E-state index contributed by atoms with van der Waals surface area (Å²) in [6.07, 6.45) is 1.16. The monoisotopic (exact) mass is 176 g/mol. The maximum atomic E-state index is 5.45. The zero-order valence-electron chi connectivity index (χ0n) is 8.50. The summed E-state index contributed by atoms with van der Waals surface area (Å²) >= 11 is 0. The average molecular weight is 176 g/mol. The highest BCUT2D eigenvalue weighted by Gasteiger charge is 2.51. The van der Waals surface area contributed by atoms with Crippen LogP contribution < -0.4 is 0 Å². The van der Waals surface area contributed by atoms with Crippen molar-refractivity contribution >= 4 is 0 Å². The first-order valence-corrected chi connectivity index (χ1v) is 4.77. The van der Waals surface area contributed by atoms with Crippen molar-refractivity contribution in [3.05, 3.63) is 35.4 Å². The molecule has 2 unspecified atom stereocenters. The van der Waals surface area contributed by atoms with Gasteiger partial charge in [0.25, 0.3) is 0 Å². The lowest BCUT2D eigenvalue weighted by molar-refractivity contribution is 0.0911. The van der Waals surface area contributed by atoms with Crippen LogP contribution in [0.2, 0.25) is 0 Å². The first-order valence-electron chi connectivity index (χ1n) is 4.77. The molecule has 1 nitrogen and oxygen atoms in total. The summed E-state index contributed by atoms with van der Waals surface area (Å²) in [6.45, 7) is 4.30. The van der Waals surface area contributed by atoms with E-state index >= 15 is 0 Å². The van der Waals surface area contributed by atoms with Crippen LogP contribution in [0.25, 0.3) is 0 Å². The number of methoxy groups -OCH3 is 1. The molecule has 1 aliphatic carbocycles. The second-order valence-electron chi connectivity index (χ2n) is 4.18. The third-order valence-electron chi connectivity index (χ3n) is 3.13. The molecule has 1 heteroatoms. The predicted octanol–water partition coefficient (Wildman–Crippen LogP) is 2.89. The van der Waals surface area contributed by atoms with Crippen molar-refractivity contribution in [3.63, 3.8) is 0 Å². The molecule has 0 bridgehead atoms. The number of hydrogen-bond acceptors (Lipinski definition) is 1. The van der Waals surface area contributed by atoms with E-state index in [0.29, 0.717) is 5.92 Å². The summed E-state index contributed by atoms with van der Waals surface area (Å²) < 4.78 is 5.45. The van der Waals surface area contributed by atoms with Crippen LogP contribution in [0.15, 0.2) is 24.3 Å². The Balaban J connectivity index is 2.16. The fourth-order valence-corrected chi connectivity index (χ4v) is 1.84. The number of hydrogen-bond donors (Lipinski definition) is 0. The molecule has 0 radical (unpaired) electrons. The minimum absolute atomic E-state index is 0.106. The summed E-state index contributed by atoms with van der Waals surface area (Å²) in [7, 11) is 1.80. The topological polar surface area (TPSA) is 9.23 Å². The van der Waals surface area contributed by atoms with Crippen molar-refractivity contribution in [2.75, 3.05) is 7.11 Å². The molecule has 13 heavy (non-hydrogen) atoms. The van der Waals surface area contributed by atoms with E-state index in [4.69, 9.17) is 4.74 Å². The van der Waals surface area contributed by atoms with E-state index in [1.807, 2.05) is 0 Å². The Morgan fingerprint density at radius 1 is 1.31 bits per heavy atom. The molecule has 2 rings (SSSR count). The summed E-state index contributed by atoms with van der Waals surface area (Å²) in [5.74, 6) is 0.609. The molecule has 0 saturated heterocycles. The molecule has 0 aromatic heterocycles. The number of rotatable bonds is 2. The quantitative estimate of drug-likeness (QED) is 0.673. The van der Waals surface area contributed by atoms with Gasteiger partial charge in [-0.05, 0) is 25.8 Å². The standard InChI is InChI=1S/C12H16O/c1-9-4-6-10(7-5-9)11-8-12(11,2)13-3/h4-7,11H,8H2,1-3H3. The molecule has 2 atom stereocenters. The van der Waals surface area contributed by atoms with Crippen molar-refractivity contribution in [1.82, 2.24) is 0 Å². The van der Waals surface area contributed by atoms with Crippen molar-refractivity contribution in [3.8, 4) is 0 Å². The van der Waals surface area contributed by atoms with Crippen LogP contribution >= 0.6 is 0 Å². The fraction of sp³-hybridized carbons (Fsp3) is 0.500. The van der Waals surface area contributed by atoms with Crippen LogP contribution in [0, 0.1) is 6.92 Å². The maximum Gasteiger partial charge on any atom is 0.0726 e. The van der Waals surface area contributed by atoms with E-state index in [-0.39, 0.29) is 5.60 Å². The molecule has 70 valence electrons. The van der Waals surface area contributed by atoms with Gasteiger partial charge in [-0.2, -0.15) is 0 Å². The molecule has 0 spiro atoms. The Morgan fingerprint density at radius 3 is 2.38 bits per heavy atom. The van der Waals surface area contributed by atoms with Gasteiger partial charge < -0.3 is 4.74 Å². The lowest BCUT2D eigenvalue weighted by atomic mass is 10.1.